The highest BCUT2D eigenvalue weighted by Gasteiger charge is 2.22. The summed E-state index contributed by atoms with van der Waals surface area (Å²) < 4.78 is 7.80. The SMILES string of the molecule is C[C@H]([C@@H](O)c1ccc(O)cc1)n1ccnc1-c1cc2ccccc2o1. The summed E-state index contributed by atoms with van der Waals surface area (Å²) in [5.74, 6) is 1.51. The fraction of sp³-hybridized carbons (Fsp3) is 0.150. The normalized spacial score (nSPS) is 13.8. The van der Waals surface area contributed by atoms with Crippen LogP contribution in [-0.2, 0) is 0 Å². The second-order valence-corrected chi connectivity index (χ2v) is 6.08. The number of benzene rings is 2. The molecule has 0 amide bonds. The van der Waals surface area contributed by atoms with Gasteiger partial charge in [-0.15, -0.1) is 0 Å². The van der Waals surface area contributed by atoms with Crippen LogP contribution in [0.3, 0.4) is 0 Å². The van der Waals surface area contributed by atoms with Gasteiger partial charge in [0.15, 0.2) is 11.6 Å². The molecule has 2 heterocycles. The number of fused-ring (bicyclic) bond motifs is 1. The van der Waals surface area contributed by atoms with Crippen LogP contribution in [0.1, 0.15) is 24.6 Å². The van der Waals surface area contributed by atoms with Crippen molar-refractivity contribution >= 4 is 11.0 Å². The van der Waals surface area contributed by atoms with Gasteiger partial charge in [-0.3, -0.25) is 0 Å². The van der Waals surface area contributed by atoms with E-state index in [1.165, 1.54) is 0 Å². The Kier molecular flexibility index (Phi) is 3.78. The Bertz CT molecular complexity index is 968. The van der Waals surface area contributed by atoms with E-state index in [0.717, 1.165) is 16.5 Å². The smallest absolute Gasteiger partial charge is 0.176 e. The van der Waals surface area contributed by atoms with Gasteiger partial charge in [0.1, 0.15) is 11.3 Å². The maximum atomic E-state index is 10.7. The van der Waals surface area contributed by atoms with Crippen LogP contribution in [0.5, 0.6) is 5.75 Å². The molecule has 0 aliphatic carbocycles. The highest BCUT2D eigenvalue weighted by Crippen LogP contribution is 2.33. The Labute approximate surface area is 144 Å². The number of furan rings is 1. The Morgan fingerprint density at radius 2 is 1.84 bits per heavy atom. The number of rotatable bonds is 4. The quantitative estimate of drug-likeness (QED) is 0.584. The van der Waals surface area contributed by atoms with Crippen LogP contribution in [0.2, 0.25) is 0 Å². The van der Waals surface area contributed by atoms with Crippen LogP contribution in [0.4, 0.5) is 0 Å². The first kappa shape index (κ1) is 15.5. The molecule has 25 heavy (non-hydrogen) atoms. The molecular weight excluding hydrogens is 316 g/mol. The lowest BCUT2D eigenvalue weighted by molar-refractivity contribution is 0.122. The molecule has 126 valence electrons. The van der Waals surface area contributed by atoms with Gasteiger partial charge in [0.2, 0.25) is 0 Å². The molecule has 0 aliphatic rings. The van der Waals surface area contributed by atoms with Crippen LogP contribution in [-0.4, -0.2) is 19.8 Å². The number of hydrogen-bond donors (Lipinski definition) is 2. The van der Waals surface area contributed by atoms with Gasteiger partial charge in [0.05, 0.1) is 12.1 Å². The summed E-state index contributed by atoms with van der Waals surface area (Å²) in [6, 6.07) is 16.1. The van der Waals surface area contributed by atoms with Gasteiger partial charge in [-0.25, -0.2) is 4.98 Å². The molecule has 0 spiro atoms. The minimum Gasteiger partial charge on any atom is -0.508 e. The topological polar surface area (TPSA) is 71.4 Å². The van der Waals surface area contributed by atoms with Crippen molar-refractivity contribution in [3.05, 3.63) is 72.6 Å². The number of phenols is 1. The molecule has 0 fully saturated rings. The molecule has 4 rings (SSSR count). The van der Waals surface area contributed by atoms with Crippen molar-refractivity contribution in [2.45, 2.75) is 19.1 Å². The number of aromatic nitrogens is 2. The van der Waals surface area contributed by atoms with Crippen molar-refractivity contribution in [1.29, 1.82) is 0 Å². The van der Waals surface area contributed by atoms with Crippen molar-refractivity contribution in [2.75, 3.05) is 0 Å². The second kappa shape index (κ2) is 6.11. The molecule has 0 aliphatic heterocycles. The summed E-state index contributed by atoms with van der Waals surface area (Å²) in [4.78, 5) is 4.41. The summed E-state index contributed by atoms with van der Waals surface area (Å²) >= 11 is 0. The summed E-state index contributed by atoms with van der Waals surface area (Å²) in [6.45, 7) is 1.92. The number of aromatic hydroxyl groups is 1. The van der Waals surface area contributed by atoms with E-state index in [4.69, 9.17) is 4.42 Å². The fourth-order valence-corrected chi connectivity index (χ4v) is 3.03. The first-order valence-electron chi connectivity index (χ1n) is 8.12. The Balaban J connectivity index is 1.69. The minimum absolute atomic E-state index is 0.175. The highest BCUT2D eigenvalue weighted by atomic mass is 16.3. The average Bonchev–Trinajstić information content (AvgIpc) is 3.27. The van der Waals surface area contributed by atoms with Crippen molar-refractivity contribution in [3.63, 3.8) is 0 Å². The van der Waals surface area contributed by atoms with Gasteiger partial charge >= 0.3 is 0 Å². The monoisotopic (exact) mass is 334 g/mol. The lowest BCUT2D eigenvalue weighted by Crippen LogP contribution is -2.15. The number of imidazole rings is 1. The Morgan fingerprint density at radius 3 is 2.60 bits per heavy atom. The van der Waals surface area contributed by atoms with Gasteiger partial charge in [0.25, 0.3) is 0 Å². The van der Waals surface area contributed by atoms with E-state index in [1.807, 2.05) is 48.0 Å². The summed E-state index contributed by atoms with van der Waals surface area (Å²) in [7, 11) is 0. The number of nitrogens with zero attached hydrogens (tertiary/aromatic N) is 2. The van der Waals surface area contributed by atoms with Crippen molar-refractivity contribution < 1.29 is 14.6 Å². The first-order chi connectivity index (χ1) is 12.1. The number of hydrogen-bond acceptors (Lipinski definition) is 4. The molecule has 0 bridgehead atoms. The molecule has 2 aromatic carbocycles. The molecule has 0 saturated heterocycles. The highest BCUT2D eigenvalue weighted by molar-refractivity contribution is 5.81. The predicted octanol–water partition coefficient (Wildman–Crippen LogP) is 4.30. The van der Waals surface area contributed by atoms with Crippen LogP contribution in [0.15, 0.2) is 71.4 Å². The molecule has 0 saturated carbocycles. The zero-order valence-corrected chi connectivity index (χ0v) is 13.7. The third-order valence-electron chi connectivity index (χ3n) is 4.44. The second-order valence-electron chi connectivity index (χ2n) is 6.08. The lowest BCUT2D eigenvalue weighted by Gasteiger charge is -2.22. The van der Waals surface area contributed by atoms with E-state index in [-0.39, 0.29) is 11.8 Å². The molecule has 5 heteroatoms. The summed E-state index contributed by atoms with van der Waals surface area (Å²) in [5.41, 5.74) is 1.54. The van der Waals surface area contributed by atoms with Crippen LogP contribution < -0.4 is 0 Å². The van der Waals surface area contributed by atoms with Gasteiger partial charge in [-0.2, -0.15) is 0 Å². The molecule has 0 radical (unpaired) electrons. The van der Waals surface area contributed by atoms with E-state index < -0.39 is 6.10 Å². The van der Waals surface area contributed by atoms with Gasteiger partial charge in [-0.1, -0.05) is 30.3 Å². The summed E-state index contributed by atoms with van der Waals surface area (Å²) in [5, 5.41) is 21.1. The first-order valence-corrected chi connectivity index (χ1v) is 8.12. The van der Waals surface area contributed by atoms with Gasteiger partial charge < -0.3 is 19.2 Å². The standard InChI is InChI=1S/C20H18N2O3/c1-13(19(24)14-6-8-16(23)9-7-14)22-11-10-21-20(22)18-12-15-4-2-3-5-17(15)25-18/h2-13,19,23-24H,1H3/t13-,19-/m1/s1. The number of phenolic OH excluding ortho intramolecular Hbond substituents is 1. The zero-order valence-electron chi connectivity index (χ0n) is 13.7. The van der Waals surface area contributed by atoms with Gasteiger partial charge in [0, 0.05) is 17.8 Å². The predicted molar refractivity (Wildman–Crippen MR) is 95.2 cm³/mol. The Hall–Kier alpha value is -3.05. The van der Waals surface area contributed by atoms with Crippen molar-refractivity contribution in [1.82, 2.24) is 9.55 Å². The average molecular weight is 334 g/mol. The molecule has 2 N–H and O–H groups in total. The minimum atomic E-state index is -0.738. The van der Waals surface area contributed by atoms with E-state index in [1.54, 1.807) is 30.5 Å². The number of aliphatic hydroxyl groups is 1. The molecule has 2 aromatic heterocycles. The van der Waals surface area contributed by atoms with Crippen molar-refractivity contribution in [2.24, 2.45) is 0 Å². The zero-order chi connectivity index (χ0) is 17.4. The van der Waals surface area contributed by atoms with E-state index in [9.17, 15) is 10.2 Å². The van der Waals surface area contributed by atoms with E-state index >= 15 is 0 Å². The lowest BCUT2D eigenvalue weighted by atomic mass is 10.0. The largest absolute Gasteiger partial charge is 0.508 e. The molecule has 2 atom stereocenters. The molecule has 0 unspecified atom stereocenters. The van der Waals surface area contributed by atoms with Crippen LogP contribution in [0, 0.1) is 0 Å². The number of aliphatic hydroxyl groups excluding tert-OH is 1. The summed E-state index contributed by atoms with van der Waals surface area (Å²) in [6.07, 6.45) is 2.79. The third kappa shape index (κ3) is 2.79. The van der Waals surface area contributed by atoms with Gasteiger partial charge in [-0.05, 0) is 36.8 Å². The number of para-hydroxylation sites is 1. The maximum Gasteiger partial charge on any atom is 0.176 e. The van der Waals surface area contributed by atoms with E-state index in [0.29, 0.717) is 11.6 Å². The van der Waals surface area contributed by atoms with Crippen molar-refractivity contribution in [3.8, 4) is 17.3 Å². The maximum absolute atomic E-state index is 10.7. The molecule has 4 aromatic rings. The molecular formula is C20H18N2O3. The van der Waals surface area contributed by atoms with E-state index in [2.05, 4.69) is 4.98 Å². The fourth-order valence-electron chi connectivity index (χ4n) is 3.03. The molecule has 5 nitrogen and oxygen atoms in total. The Morgan fingerprint density at radius 1 is 1.08 bits per heavy atom. The van der Waals surface area contributed by atoms with Crippen LogP contribution in [0.25, 0.3) is 22.6 Å². The third-order valence-corrected chi connectivity index (χ3v) is 4.44. The van der Waals surface area contributed by atoms with Crippen LogP contribution >= 0.6 is 0 Å².